The van der Waals surface area contributed by atoms with Crippen LogP contribution in [-0.4, -0.2) is 107 Å². The number of imidazole rings is 1. The number of hydrogen-bond acceptors (Lipinski definition) is 11. The Morgan fingerprint density at radius 2 is 1.70 bits per heavy atom. The molecule has 2 aromatic rings. The van der Waals surface area contributed by atoms with Crippen molar-refractivity contribution < 1.29 is 42.9 Å². The predicted octanol–water partition coefficient (Wildman–Crippen LogP) is 3.37. The van der Waals surface area contributed by atoms with Crippen molar-refractivity contribution in [2.24, 2.45) is 5.73 Å². The van der Waals surface area contributed by atoms with Gasteiger partial charge in [-0.3, -0.25) is 14.6 Å². The van der Waals surface area contributed by atoms with Crippen LogP contribution in [0.5, 0.6) is 5.75 Å². The van der Waals surface area contributed by atoms with Crippen LogP contribution in [0.4, 0.5) is 14.4 Å². The topological polar surface area (TPSA) is 188 Å². The minimum atomic E-state index is -1.08. The number of nitrogens with one attached hydrogen (secondary N) is 2. The molecule has 1 aromatic carbocycles. The summed E-state index contributed by atoms with van der Waals surface area (Å²) in [4.78, 5) is 61.3. The lowest BCUT2D eigenvalue weighted by Gasteiger charge is -2.30. The molecule has 3 rings (SSSR count). The van der Waals surface area contributed by atoms with Gasteiger partial charge in [0.25, 0.3) is 0 Å². The number of H-pyrrole nitrogens is 1. The third-order valence-corrected chi connectivity index (χ3v) is 6.95. The Bertz CT molecular complexity index is 1320. The first-order chi connectivity index (χ1) is 22.0. The number of likely N-dealkylation sites (tertiary alicyclic amines) is 1. The molecule has 0 spiro atoms. The minimum Gasteiger partial charge on any atom is -0.497 e. The van der Waals surface area contributed by atoms with Gasteiger partial charge in [-0.2, -0.15) is 0 Å². The van der Waals surface area contributed by atoms with Gasteiger partial charge in [0.05, 0.1) is 31.7 Å². The summed E-state index contributed by atoms with van der Waals surface area (Å²) in [5.41, 5.74) is 5.27. The summed E-state index contributed by atoms with van der Waals surface area (Å²) in [6.45, 7) is 11.5. The van der Waals surface area contributed by atoms with Crippen LogP contribution in [0.3, 0.4) is 0 Å². The van der Waals surface area contributed by atoms with E-state index in [1.807, 2.05) is 17.0 Å². The number of aromatic amines is 1. The Morgan fingerprint density at radius 3 is 2.28 bits per heavy atom. The van der Waals surface area contributed by atoms with Gasteiger partial charge < -0.3 is 39.7 Å². The molecule has 1 fully saturated rings. The lowest BCUT2D eigenvalue weighted by atomic mass is 10.0. The molecule has 1 aliphatic rings. The summed E-state index contributed by atoms with van der Waals surface area (Å²) < 4.78 is 27.9. The zero-order valence-electron chi connectivity index (χ0n) is 28.2. The highest BCUT2D eigenvalue weighted by Gasteiger charge is 2.50. The lowest BCUT2D eigenvalue weighted by Crippen LogP contribution is -2.47. The molecule has 4 N–H and O–H groups in total. The Hall–Kier alpha value is -4.53. The molecule has 3 atom stereocenters. The minimum absolute atomic E-state index is 0.0997. The van der Waals surface area contributed by atoms with Crippen LogP contribution in [-0.2, 0) is 36.7 Å². The summed E-state index contributed by atoms with van der Waals surface area (Å²) in [5.74, 6) is 0.207. The number of nitrogens with zero attached hydrogens (tertiary/aromatic N) is 3. The van der Waals surface area contributed by atoms with Crippen molar-refractivity contribution in [2.45, 2.75) is 90.4 Å². The fourth-order valence-corrected chi connectivity index (χ4v) is 4.90. The zero-order valence-corrected chi connectivity index (χ0v) is 28.2. The molecule has 15 nitrogen and oxygen atoms in total. The van der Waals surface area contributed by atoms with E-state index in [4.69, 9.17) is 29.4 Å². The number of amides is 3. The first-order valence-electron chi connectivity index (χ1n) is 15.5. The molecule has 0 saturated carbocycles. The van der Waals surface area contributed by atoms with Crippen molar-refractivity contribution >= 4 is 24.2 Å². The van der Waals surface area contributed by atoms with Crippen LogP contribution in [0.1, 0.15) is 59.2 Å². The van der Waals surface area contributed by atoms with Gasteiger partial charge in [-0.1, -0.05) is 12.1 Å². The second-order valence-electron chi connectivity index (χ2n) is 13.2. The van der Waals surface area contributed by atoms with E-state index >= 15 is 0 Å². The third-order valence-electron chi connectivity index (χ3n) is 6.95. The summed E-state index contributed by atoms with van der Waals surface area (Å²) in [6.07, 6.45) is -0.856. The van der Waals surface area contributed by atoms with E-state index in [9.17, 15) is 19.2 Å². The Morgan fingerprint density at radius 1 is 1.02 bits per heavy atom. The van der Waals surface area contributed by atoms with Gasteiger partial charge in [0.2, 0.25) is 5.91 Å². The van der Waals surface area contributed by atoms with Crippen molar-refractivity contribution in [3.8, 4) is 5.75 Å². The molecule has 0 unspecified atom stereocenters. The molecule has 1 aliphatic heterocycles. The van der Waals surface area contributed by atoms with Gasteiger partial charge >= 0.3 is 18.3 Å². The van der Waals surface area contributed by atoms with E-state index in [0.717, 1.165) is 11.3 Å². The van der Waals surface area contributed by atoms with Crippen molar-refractivity contribution in [1.29, 1.82) is 0 Å². The Kier molecular flexibility index (Phi) is 12.8. The highest BCUT2D eigenvalue weighted by Crippen LogP contribution is 2.30. The van der Waals surface area contributed by atoms with E-state index in [1.54, 1.807) is 73.3 Å². The van der Waals surface area contributed by atoms with Crippen molar-refractivity contribution in [2.75, 3.05) is 33.3 Å². The van der Waals surface area contributed by atoms with E-state index in [0.29, 0.717) is 25.4 Å². The van der Waals surface area contributed by atoms with Crippen LogP contribution in [0, 0.1) is 0 Å². The molecule has 2 heterocycles. The molecule has 15 heteroatoms. The molecule has 1 saturated heterocycles. The SMILES string of the molecule is COc1ccc(C[C@H]2[C@H](OC(=O)NCCN(CCC(N)=O)Cc3c[nH]cn3)[C@H](OC(=O)OC(C)(C)C)CN2C(=O)OC(C)(C)C)cc1. The summed E-state index contributed by atoms with van der Waals surface area (Å²) >= 11 is 0. The molecule has 260 valence electrons. The number of carbonyl (C=O) groups excluding carboxylic acids is 4. The van der Waals surface area contributed by atoms with Crippen molar-refractivity contribution in [3.63, 3.8) is 0 Å². The second-order valence-corrected chi connectivity index (χ2v) is 13.2. The molecule has 47 heavy (non-hydrogen) atoms. The molecule has 3 amide bonds. The Labute approximate surface area is 275 Å². The third kappa shape index (κ3) is 12.6. The lowest BCUT2D eigenvalue weighted by molar-refractivity contribution is -0.118. The molecule has 0 bridgehead atoms. The first-order valence-corrected chi connectivity index (χ1v) is 15.5. The predicted molar refractivity (Wildman–Crippen MR) is 170 cm³/mol. The van der Waals surface area contributed by atoms with Crippen molar-refractivity contribution in [1.82, 2.24) is 25.1 Å². The fourth-order valence-electron chi connectivity index (χ4n) is 4.90. The smallest absolute Gasteiger partial charge is 0.497 e. The Balaban J connectivity index is 1.81. The van der Waals surface area contributed by atoms with Crippen LogP contribution in [0.15, 0.2) is 36.8 Å². The van der Waals surface area contributed by atoms with Gasteiger partial charge in [-0.05, 0) is 65.7 Å². The van der Waals surface area contributed by atoms with Gasteiger partial charge in [0.15, 0.2) is 12.2 Å². The van der Waals surface area contributed by atoms with Crippen LogP contribution in [0.25, 0.3) is 0 Å². The normalized spacial score (nSPS) is 18.0. The van der Waals surface area contributed by atoms with Crippen LogP contribution >= 0.6 is 0 Å². The van der Waals surface area contributed by atoms with Gasteiger partial charge in [-0.25, -0.2) is 19.4 Å². The number of alkyl carbamates (subject to hydrolysis) is 1. The summed E-state index contributed by atoms with van der Waals surface area (Å²) in [5, 5.41) is 2.73. The standard InChI is InChI=1S/C32H48N6O9/c1-31(2,3)46-29(41)38-19-25(44-30(42)47-32(4,5)6)27(24(38)16-21-8-10-23(43-7)11-9-21)45-28(40)35-13-15-37(14-12-26(33)39)18-22-17-34-20-36-22/h8-11,17,20,24-25,27H,12-16,18-19H2,1-7H3,(H2,33,39)(H,34,36)(H,35,40)/t24-,25+,27-/m0/s1. The van der Waals surface area contributed by atoms with E-state index < -0.39 is 53.7 Å². The van der Waals surface area contributed by atoms with E-state index in [-0.39, 0.29) is 25.9 Å². The van der Waals surface area contributed by atoms with E-state index in [2.05, 4.69) is 15.3 Å². The van der Waals surface area contributed by atoms with Gasteiger partial charge in [0, 0.05) is 38.8 Å². The highest BCUT2D eigenvalue weighted by atomic mass is 16.7. The number of methoxy groups -OCH3 is 1. The van der Waals surface area contributed by atoms with Crippen LogP contribution in [0.2, 0.25) is 0 Å². The van der Waals surface area contributed by atoms with Gasteiger partial charge in [-0.15, -0.1) is 0 Å². The number of aromatic nitrogens is 2. The molecule has 1 aromatic heterocycles. The average molecular weight is 661 g/mol. The molecular weight excluding hydrogens is 612 g/mol. The fraction of sp³-hybridized carbons (Fsp3) is 0.594. The van der Waals surface area contributed by atoms with E-state index in [1.165, 1.54) is 4.90 Å². The zero-order chi connectivity index (χ0) is 34.8. The molecular formula is C32H48N6O9. The summed E-state index contributed by atoms with van der Waals surface area (Å²) in [7, 11) is 1.56. The number of carbonyl (C=O) groups is 4. The maximum Gasteiger partial charge on any atom is 0.509 e. The maximum atomic E-state index is 13.5. The largest absolute Gasteiger partial charge is 0.509 e. The maximum absolute atomic E-state index is 13.5. The molecule has 0 radical (unpaired) electrons. The van der Waals surface area contributed by atoms with Gasteiger partial charge in [0.1, 0.15) is 17.0 Å². The number of nitrogens with two attached hydrogens (primary N) is 1. The number of hydrogen-bond donors (Lipinski definition) is 3. The quantitative estimate of drug-likeness (QED) is 0.211. The number of rotatable bonds is 13. The summed E-state index contributed by atoms with van der Waals surface area (Å²) in [6, 6.07) is 6.48. The average Bonchev–Trinajstić information content (AvgIpc) is 3.58. The monoisotopic (exact) mass is 660 g/mol. The first kappa shape index (κ1) is 36.9. The van der Waals surface area contributed by atoms with Crippen LogP contribution < -0.4 is 15.8 Å². The molecule has 0 aliphatic carbocycles. The number of primary amides is 1. The number of benzene rings is 1. The number of ether oxygens (including phenoxy) is 5. The second kappa shape index (κ2) is 16.3. The highest BCUT2D eigenvalue weighted by molar-refractivity contribution is 5.74. The van der Waals surface area contributed by atoms with Crippen molar-refractivity contribution in [3.05, 3.63) is 48.0 Å².